The maximum absolute atomic E-state index is 12.3. The molecule has 0 amide bonds. The van der Waals surface area contributed by atoms with E-state index >= 15 is 0 Å². The van der Waals surface area contributed by atoms with E-state index < -0.39 is 6.61 Å². The molecule has 0 saturated heterocycles. The summed E-state index contributed by atoms with van der Waals surface area (Å²) in [6.07, 6.45) is 1.59. The number of benzene rings is 1. The summed E-state index contributed by atoms with van der Waals surface area (Å²) in [7, 11) is 0. The SMILES string of the molecule is CC(NCc1ccco1)c1ccccc1OC(F)F. The molecule has 0 aliphatic rings. The lowest BCUT2D eigenvalue weighted by Gasteiger charge is -2.17. The number of halogens is 2. The Morgan fingerprint density at radius 3 is 2.68 bits per heavy atom. The fourth-order valence-electron chi connectivity index (χ4n) is 1.82. The third-order valence-electron chi connectivity index (χ3n) is 2.76. The van der Waals surface area contributed by atoms with Gasteiger partial charge in [0.25, 0.3) is 0 Å². The van der Waals surface area contributed by atoms with Gasteiger partial charge in [0.2, 0.25) is 0 Å². The van der Waals surface area contributed by atoms with Crippen LogP contribution in [-0.2, 0) is 6.54 Å². The molecule has 0 saturated carbocycles. The molecule has 0 aliphatic heterocycles. The van der Waals surface area contributed by atoms with E-state index in [2.05, 4.69) is 10.1 Å². The summed E-state index contributed by atoms with van der Waals surface area (Å²) >= 11 is 0. The number of furan rings is 1. The van der Waals surface area contributed by atoms with Crippen molar-refractivity contribution >= 4 is 0 Å². The van der Waals surface area contributed by atoms with Gasteiger partial charge in [-0.05, 0) is 25.1 Å². The Bertz CT molecular complexity index is 500. The highest BCUT2D eigenvalue weighted by Crippen LogP contribution is 2.26. The molecule has 1 heterocycles. The molecule has 1 aromatic carbocycles. The van der Waals surface area contributed by atoms with Crippen LogP contribution in [0.15, 0.2) is 47.1 Å². The first-order chi connectivity index (χ1) is 9.16. The molecule has 1 atom stereocenters. The third kappa shape index (κ3) is 3.79. The zero-order valence-electron chi connectivity index (χ0n) is 10.5. The van der Waals surface area contributed by atoms with Crippen molar-refractivity contribution in [2.75, 3.05) is 0 Å². The quantitative estimate of drug-likeness (QED) is 0.866. The summed E-state index contributed by atoms with van der Waals surface area (Å²) < 4.78 is 34.3. The fourth-order valence-corrected chi connectivity index (χ4v) is 1.82. The number of ether oxygens (including phenoxy) is 1. The smallest absolute Gasteiger partial charge is 0.387 e. The zero-order chi connectivity index (χ0) is 13.7. The highest BCUT2D eigenvalue weighted by molar-refractivity contribution is 5.35. The number of para-hydroxylation sites is 1. The lowest BCUT2D eigenvalue weighted by atomic mass is 10.1. The minimum absolute atomic E-state index is 0.125. The number of alkyl halides is 2. The van der Waals surface area contributed by atoms with Gasteiger partial charge in [-0.3, -0.25) is 0 Å². The molecule has 1 N–H and O–H groups in total. The Hall–Kier alpha value is -1.88. The summed E-state index contributed by atoms with van der Waals surface area (Å²) in [5.41, 5.74) is 0.689. The molecule has 19 heavy (non-hydrogen) atoms. The highest BCUT2D eigenvalue weighted by Gasteiger charge is 2.14. The number of rotatable bonds is 6. The summed E-state index contributed by atoms with van der Waals surface area (Å²) in [6.45, 7) is -0.410. The van der Waals surface area contributed by atoms with Crippen LogP contribution in [0.3, 0.4) is 0 Å². The molecule has 102 valence electrons. The Morgan fingerprint density at radius 1 is 1.21 bits per heavy atom. The third-order valence-corrected chi connectivity index (χ3v) is 2.76. The second kappa shape index (κ2) is 6.33. The van der Waals surface area contributed by atoms with Crippen LogP contribution in [0.2, 0.25) is 0 Å². The highest BCUT2D eigenvalue weighted by atomic mass is 19.3. The van der Waals surface area contributed by atoms with Gasteiger partial charge in [0.15, 0.2) is 0 Å². The van der Waals surface area contributed by atoms with Crippen molar-refractivity contribution in [2.45, 2.75) is 26.1 Å². The summed E-state index contributed by atoms with van der Waals surface area (Å²) in [4.78, 5) is 0. The summed E-state index contributed by atoms with van der Waals surface area (Å²) in [5.74, 6) is 0.982. The Labute approximate surface area is 110 Å². The monoisotopic (exact) mass is 267 g/mol. The van der Waals surface area contributed by atoms with Crippen LogP contribution < -0.4 is 10.1 Å². The van der Waals surface area contributed by atoms with Crippen LogP contribution in [0.1, 0.15) is 24.3 Å². The maximum atomic E-state index is 12.3. The molecule has 5 heteroatoms. The van der Waals surface area contributed by atoms with Crippen LogP contribution in [0, 0.1) is 0 Å². The molecule has 1 unspecified atom stereocenters. The Kier molecular flexibility index (Phi) is 4.52. The molecule has 0 spiro atoms. The normalized spacial score (nSPS) is 12.6. The largest absolute Gasteiger partial charge is 0.468 e. The van der Waals surface area contributed by atoms with Gasteiger partial charge in [-0.1, -0.05) is 18.2 Å². The molecule has 0 fully saturated rings. The van der Waals surface area contributed by atoms with Gasteiger partial charge in [0, 0.05) is 11.6 Å². The lowest BCUT2D eigenvalue weighted by molar-refractivity contribution is -0.0506. The van der Waals surface area contributed by atoms with Gasteiger partial charge >= 0.3 is 6.61 Å². The summed E-state index contributed by atoms with van der Waals surface area (Å²) in [5, 5.41) is 3.20. The van der Waals surface area contributed by atoms with E-state index in [1.807, 2.05) is 13.0 Å². The van der Waals surface area contributed by atoms with Crippen molar-refractivity contribution in [1.82, 2.24) is 5.32 Å². The minimum atomic E-state index is -2.82. The summed E-state index contributed by atoms with van der Waals surface area (Å²) in [6, 6.07) is 10.3. The van der Waals surface area contributed by atoms with Gasteiger partial charge < -0.3 is 14.5 Å². The first-order valence-corrected chi connectivity index (χ1v) is 5.96. The van der Waals surface area contributed by atoms with E-state index in [9.17, 15) is 8.78 Å². The van der Waals surface area contributed by atoms with E-state index in [0.717, 1.165) is 5.76 Å². The molecule has 2 aromatic rings. The number of nitrogens with one attached hydrogen (secondary N) is 1. The molecule has 0 bridgehead atoms. The van der Waals surface area contributed by atoms with Crippen molar-refractivity contribution in [3.05, 3.63) is 54.0 Å². The van der Waals surface area contributed by atoms with Crippen molar-refractivity contribution in [3.63, 3.8) is 0 Å². The molecular weight excluding hydrogens is 252 g/mol. The van der Waals surface area contributed by atoms with E-state index in [1.54, 1.807) is 30.5 Å². The van der Waals surface area contributed by atoms with Gasteiger partial charge in [0.05, 0.1) is 12.8 Å². The standard InChI is InChI=1S/C14H15F2NO2/c1-10(17-9-11-5-4-8-18-11)12-6-2-3-7-13(12)19-14(15)16/h2-8,10,14,17H,9H2,1H3. The van der Waals surface area contributed by atoms with E-state index in [0.29, 0.717) is 12.1 Å². The van der Waals surface area contributed by atoms with Crippen LogP contribution in [-0.4, -0.2) is 6.61 Å². The first kappa shape index (κ1) is 13.5. The average Bonchev–Trinajstić information content (AvgIpc) is 2.89. The van der Waals surface area contributed by atoms with E-state index in [1.165, 1.54) is 6.07 Å². The molecule has 0 radical (unpaired) electrons. The van der Waals surface area contributed by atoms with Crippen molar-refractivity contribution in [1.29, 1.82) is 0 Å². The van der Waals surface area contributed by atoms with Crippen LogP contribution in [0.4, 0.5) is 8.78 Å². The van der Waals surface area contributed by atoms with Crippen LogP contribution >= 0.6 is 0 Å². The predicted octanol–water partition coefficient (Wildman–Crippen LogP) is 3.73. The van der Waals surface area contributed by atoms with Crippen LogP contribution in [0.25, 0.3) is 0 Å². The molecule has 0 aliphatic carbocycles. The van der Waals surface area contributed by atoms with Gasteiger partial charge in [0.1, 0.15) is 11.5 Å². The second-order valence-corrected chi connectivity index (χ2v) is 4.10. The second-order valence-electron chi connectivity index (χ2n) is 4.10. The predicted molar refractivity (Wildman–Crippen MR) is 67.0 cm³/mol. The molecule has 3 nitrogen and oxygen atoms in total. The topological polar surface area (TPSA) is 34.4 Å². The molecule has 1 aromatic heterocycles. The Balaban J connectivity index is 2.03. The Morgan fingerprint density at radius 2 is 2.00 bits per heavy atom. The van der Waals surface area contributed by atoms with E-state index in [4.69, 9.17) is 4.42 Å². The van der Waals surface area contributed by atoms with Crippen molar-refractivity contribution in [3.8, 4) is 5.75 Å². The maximum Gasteiger partial charge on any atom is 0.387 e. The van der Waals surface area contributed by atoms with Gasteiger partial charge in [-0.25, -0.2) is 0 Å². The number of hydrogen-bond donors (Lipinski definition) is 1. The van der Waals surface area contributed by atoms with Crippen molar-refractivity contribution < 1.29 is 17.9 Å². The average molecular weight is 267 g/mol. The van der Waals surface area contributed by atoms with Crippen molar-refractivity contribution in [2.24, 2.45) is 0 Å². The van der Waals surface area contributed by atoms with Gasteiger partial charge in [-0.15, -0.1) is 0 Å². The number of hydrogen-bond acceptors (Lipinski definition) is 3. The minimum Gasteiger partial charge on any atom is -0.468 e. The molecular formula is C14H15F2NO2. The van der Waals surface area contributed by atoms with Crippen LogP contribution in [0.5, 0.6) is 5.75 Å². The molecule has 2 rings (SSSR count). The van der Waals surface area contributed by atoms with Gasteiger partial charge in [-0.2, -0.15) is 8.78 Å². The first-order valence-electron chi connectivity index (χ1n) is 5.96. The van der Waals surface area contributed by atoms with E-state index in [-0.39, 0.29) is 11.8 Å². The fraction of sp³-hybridized carbons (Fsp3) is 0.286. The zero-order valence-corrected chi connectivity index (χ0v) is 10.5. The lowest BCUT2D eigenvalue weighted by Crippen LogP contribution is -2.19.